The summed E-state index contributed by atoms with van der Waals surface area (Å²) in [4.78, 5) is 0. The van der Waals surface area contributed by atoms with Crippen LogP contribution in [0.1, 0.15) is 11.1 Å². The van der Waals surface area contributed by atoms with Gasteiger partial charge in [-0.1, -0.05) is 109 Å². The molecule has 0 bridgehead atoms. The molecule has 4 rings (SSSR count). The molecule has 0 atom stereocenters. The minimum absolute atomic E-state index is 0.322. The van der Waals surface area contributed by atoms with E-state index < -0.39 is 0 Å². The number of aromatic hydroxyl groups is 2. The van der Waals surface area contributed by atoms with E-state index in [2.05, 4.69) is 36.4 Å². The van der Waals surface area contributed by atoms with Gasteiger partial charge in [-0.2, -0.15) is 0 Å². The van der Waals surface area contributed by atoms with Gasteiger partial charge in [0.15, 0.2) is 0 Å². The highest BCUT2D eigenvalue weighted by atomic mass is 16.3. The maximum Gasteiger partial charge on any atom is 0.115 e. The molecule has 0 radical (unpaired) electrons. The number of rotatable bonds is 2. The normalized spacial score (nSPS) is 9.57. The van der Waals surface area contributed by atoms with Crippen LogP contribution in [0.3, 0.4) is 0 Å². The number of para-hydroxylation sites is 2. The standard InChI is InChI=1S/C14H12.2C6H6O/c1-3-7-13(8-4-1)11-12-14-9-5-2-6-10-14;2*7-6-4-2-1-3-5-6/h1-12H;2*1-5,7H. The highest BCUT2D eigenvalue weighted by Gasteiger charge is 1.84. The largest absolute Gasteiger partial charge is 0.508 e. The van der Waals surface area contributed by atoms with Crippen LogP contribution in [0, 0.1) is 0 Å². The maximum atomic E-state index is 8.63. The van der Waals surface area contributed by atoms with Crippen molar-refractivity contribution in [3.63, 3.8) is 0 Å². The molecular weight excluding hydrogens is 344 g/mol. The monoisotopic (exact) mass is 368 g/mol. The molecule has 2 nitrogen and oxygen atoms in total. The predicted molar refractivity (Wildman–Crippen MR) is 118 cm³/mol. The van der Waals surface area contributed by atoms with Gasteiger partial charge < -0.3 is 10.2 Å². The Morgan fingerprint density at radius 3 is 0.821 bits per heavy atom. The number of benzene rings is 4. The average molecular weight is 368 g/mol. The zero-order valence-corrected chi connectivity index (χ0v) is 15.6. The van der Waals surface area contributed by atoms with Gasteiger partial charge in [-0.25, -0.2) is 0 Å². The molecule has 0 heterocycles. The van der Waals surface area contributed by atoms with Gasteiger partial charge in [0, 0.05) is 0 Å². The number of hydrogen-bond donors (Lipinski definition) is 2. The van der Waals surface area contributed by atoms with Crippen LogP contribution in [0.2, 0.25) is 0 Å². The molecule has 4 aromatic carbocycles. The second-order valence-corrected chi connectivity index (χ2v) is 5.83. The fourth-order valence-electron chi connectivity index (χ4n) is 2.18. The third-order valence-corrected chi connectivity index (χ3v) is 3.58. The molecule has 0 unspecified atom stereocenters. The van der Waals surface area contributed by atoms with E-state index in [1.54, 1.807) is 48.5 Å². The third-order valence-electron chi connectivity index (χ3n) is 3.58. The topological polar surface area (TPSA) is 40.5 Å². The molecule has 2 heteroatoms. The Kier molecular flexibility index (Phi) is 9.20. The van der Waals surface area contributed by atoms with E-state index in [1.807, 2.05) is 48.5 Å². The molecule has 28 heavy (non-hydrogen) atoms. The molecule has 0 aliphatic heterocycles. The number of phenols is 2. The van der Waals surface area contributed by atoms with Crippen molar-refractivity contribution >= 4 is 12.2 Å². The van der Waals surface area contributed by atoms with E-state index in [0.29, 0.717) is 11.5 Å². The van der Waals surface area contributed by atoms with Crippen LogP contribution >= 0.6 is 0 Å². The van der Waals surface area contributed by atoms with Crippen molar-refractivity contribution in [1.82, 2.24) is 0 Å². The second-order valence-electron chi connectivity index (χ2n) is 5.83. The number of phenolic OH excluding ortho intramolecular Hbond substituents is 2. The highest BCUT2D eigenvalue weighted by molar-refractivity contribution is 5.69. The van der Waals surface area contributed by atoms with Crippen molar-refractivity contribution in [2.24, 2.45) is 0 Å². The second kappa shape index (κ2) is 12.6. The van der Waals surface area contributed by atoms with Crippen LogP contribution < -0.4 is 0 Å². The van der Waals surface area contributed by atoms with Gasteiger partial charge in [0.1, 0.15) is 11.5 Å². The van der Waals surface area contributed by atoms with Crippen LogP contribution in [0.25, 0.3) is 12.2 Å². The summed E-state index contributed by atoms with van der Waals surface area (Å²) in [5.41, 5.74) is 2.47. The molecule has 0 saturated heterocycles. The van der Waals surface area contributed by atoms with Gasteiger partial charge in [-0.05, 0) is 35.4 Å². The minimum atomic E-state index is 0.322. The summed E-state index contributed by atoms with van der Waals surface area (Å²) in [6, 6.07) is 38.1. The van der Waals surface area contributed by atoms with Crippen molar-refractivity contribution in [2.45, 2.75) is 0 Å². The first-order chi connectivity index (χ1) is 13.7. The Morgan fingerprint density at radius 2 is 0.607 bits per heavy atom. The lowest BCUT2D eigenvalue weighted by atomic mass is 10.1. The van der Waals surface area contributed by atoms with E-state index in [-0.39, 0.29) is 0 Å². The van der Waals surface area contributed by atoms with E-state index in [0.717, 1.165) is 0 Å². The summed E-state index contributed by atoms with van der Waals surface area (Å²) in [5, 5.41) is 17.3. The summed E-state index contributed by atoms with van der Waals surface area (Å²) in [5.74, 6) is 0.644. The third kappa shape index (κ3) is 9.07. The molecule has 0 aromatic heterocycles. The number of hydrogen-bond acceptors (Lipinski definition) is 2. The molecule has 0 aliphatic rings. The first-order valence-electron chi connectivity index (χ1n) is 9.00. The van der Waals surface area contributed by atoms with Crippen LogP contribution in [-0.4, -0.2) is 10.2 Å². The van der Waals surface area contributed by atoms with Crippen molar-refractivity contribution in [3.8, 4) is 11.5 Å². The first-order valence-corrected chi connectivity index (χ1v) is 9.00. The van der Waals surface area contributed by atoms with E-state index in [9.17, 15) is 0 Å². The zero-order chi connectivity index (χ0) is 19.9. The summed E-state index contributed by atoms with van der Waals surface area (Å²) in [7, 11) is 0. The van der Waals surface area contributed by atoms with Crippen molar-refractivity contribution in [1.29, 1.82) is 0 Å². The Bertz CT molecular complexity index is 824. The van der Waals surface area contributed by atoms with Gasteiger partial charge in [0.2, 0.25) is 0 Å². The molecule has 4 aromatic rings. The molecular formula is C26H24O2. The minimum Gasteiger partial charge on any atom is -0.508 e. The lowest BCUT2D eigenvalue weighted by Crippen LogP contribution is -1.70. The van der Waals surface area contributed by atoms with Crippen LogP contribution in [0.15, 0.2) is 121 Å². The van der Waals surface area contributed by atoms with Crippen molar-refractivity contribution in [2.75, 3.05) is 0 Å². The van der Waals surface area contributed by atoms with Gasteiger partial charge in [-0.3, -0.25) is 0 Å². The molecule has 0 aliphatic carbocycles. The van der Waals surface area contributed by atoms with Gasteiger partial charge in [-0.15, -0.1) is 0 Å². The summed E-state index contributed by atoms with van der Waals surface area (Å²) >= 11 is 0. The predicted octanol–water partition coefficient (Wildman–Crippen LogP) is 6.64. The SMILES string of the molecule is C(=Cc1ccccc1)c1ccccc1.Oc1ccccc1.Oc1ccccc1. The van der Waals surface area contributed by atoms with Crippen LogP contribution in [0.4, 0.5) is 0 Å². The van der Waals surface area contributed by atoms with E-state index >= 15 is 0 Å². The summed E-state index contributed by atoms with van der Waals surface area (Å²) in [6.45, 7) is 0. The van der Waals surface area contributed by atoms with Gasteiger partial charge in [0.05, 0.1) is 0 Å². The molecule has 140 valence electrons. The highest BCUT2D eigenvalue weighted by Crippen LogP contribution is 2.07. The van der Waals surface area contributed by atoms with Crippen molar-refractivity contribution in [3.05, 3.63) is 132 Å². The van der Waals surface area contributed by atoms with E-state index in [4.69, 9.17) is 10.2 Å². The van der Waals surface area contributed by atoms with Crippen molar-refractivity contribution < 1.29 is 10.2 Å². The smallest absolute Gasteiger partial charge is 0.115 e. The molecule has 0 amide bonds. The Labute approximate surface area is 166 Å². The Morgan fingerprint density at radius 1 is 0.357 bits per heavy atom. The lowest BCUT2D eigenvalue weighted by molar-refractivity contribution is 0.475. The Balaban J connectivity index is 0.000000168. The fourth-order valence-corrected chi connectivity index (χ4v) is 2.18. The quantitative estimate of drug-likeness (QED) is 0.389. The molecule has 2 N–H and O–H groups in total. The fraction of sp³-hybridized carbons (Fsp3) is 0. The first kappa shape index (κ1) is 20.5. The Hall–Kier alpha value is -3.78. The zero-order valence-electron chi connectivity index (χ0n) is 15.6. The maximum absolute atomic E-state index is 8.63. The van der Waals surface area contributed by atoms with Crippen LogP contribution in [0.5, 0.6) is 11.5 Å². The molecule has 0 spiro atoms. The van der Waals surface area contributed by atoms with Crippen LogP contribution in [-0.2, 0) is 0 Å². The average Bonchev–Trinajstić information content (AvgIpc) is 2.76. The summed E-state index contributed by atoms with van der Waals surface area (Å²) < 4.78 is 0. The van der Waals surface area contributed by atoms with Gasteiger partial charge >= 0.3 is 0 Å². The van der Waals surface area contributed by atoms with Gasteiger partial charge in [0.25, 0.3) is 0 Å². The summed E-state index contributed by atoms with van der Waals surface area (Å²) in [6.07, 6.45) is 4.24. The lowest BCUT2D eigenvalue weighted by Gasteiger charge is -1.92. The molecule has 0 fully saturated rings. The molecule has 0 saturated carbocycles. The van der Waals surface area contributed by atoms with E-state index in [1.165, 1.54) is 11.1 Å².